The lowest BCUT2D eigenvalue weighted by molar-refractivity contribution is -0.120. The third-order valence-electron chi connectivity index (χ3n) is 2.31. The Morgan fingerprint density at radius 1 is 1.50 bits per heavy atom. The van der Waals surface area contributed by atoms with Gasteiger partial charge in [-0.3, -0.25) is 4.79 Å². The lowest BCUT2D eigenvalue weighted by Crippen LogP contribution is -2.32. The molecule has 1 amide bonds. The second-order valence-electron chi connectivity index (χ2n) is 3.63. The monoisotopic (exact) mass is 333 g/mol. The van der Waals surface area contributed by atoms with E-state index in [2.05, 4.69) is 27.9 Å². The maximum Gasteiger partial charge on any atom is 0.224 e. The van der Waals surface area contributed by atoms with Crippen molar-refractivity contribution in [3.63, 3.8) is 0 Å². The molecule has 0 aliphatic carbocycles. The highest BCUT2D eigenvalue weighted by Gasteiger charge is 2.07. The first kappa shape index (κ1) is 13.4. The van der Waals surface area contributed by atoms with E-state index in [9.17, 15) is 9.90 Å². The van der Waals surface area contributed by atoms with Gasteiger partial charge in [0.25, 0.3) is 0 Å². The van der Waals surface area contributed by atoms with E-state index in [1.165, 1.54) is 0 Å². The summed E-state index contributed by atoms with van der Waals surface area (Å²) in [6, 6.07) is 7.79. The van der Waals surface area contributed by atoms with Crippen LogP contribution >= 0.6 is 22.6 Å². The van der Waals surface area contributed by atoms with Gasteiger partial charge in [-0.25, -0.2) is 0 Å². The molecule has 4 heteroatoms. The Hall–Kier alpha value is -0.620. The second-order valence-corrected chi connectivity index (χ2v) is 4.80. The third kappa shape index (κ3) is 4.49. The zero-order chi connectivity index (χ0) is 12.0. The Kier molecular flexibility index (Phi) is 5.76. The van der Waals surface area contributed by atoms with Crippen LogP contribution in [0.5, 0.6) is 0 Å². The number of rotatable bonds is 5. The maximum atomic E-state index is 11.6. The highest BCUT2D eigenvalue weighted by molar-refractivity contribution is 14.1. The molecule has 3 nitrogen and oxygen atoms in total. The normalized spacial score (nSPS) is 12.2. The van der Waals surface area contributed by atoms with E-state index < -0.39 is 6.10 Å². The molecular formula is C12H16INO2. The number of hydrogen-bond donors (Lipinski definition) is 2. The van der Waals surface area contributed by atoms with Gasteiger partial charge >= 0.3 is 0 Å². The van der Waals surface area contributed by atoms with Gasteiger partial charge in [-0.05, 0) is 40.6 Å². The molecule has 1 aromatic carbocycles. The van der Waals surface area contributed by atoms with Gasteiger partial charge < -0.3 is 10.4 Å². The number of amides is 1. The number of halogens is 1. The summed E-state index contributed by atoms with van der Waals surface area (Å²) in [7, 11) is 0. The fourth-order valence-corrected chi connectivity index (χ4v) is 1.83. The molecule has 1 rings (SSSR count). The van der Waals surface area contributed by atoms with E-state index in [0.29, 0.717) is 19.4 Å². The molecule has 0 radical (unpaired) electrons. The summed E-state index contributed by atoms with van der Waals surface area (Å²) in [6.07, 6.45) is 0.581. The summed E-state index contributed by atoms with van der Waals surface area (Å²) in [4.78, 5) is 11.6. The Morgan fingerprint density at radius 2 is 2.19 bits per heavy atom. The first-order valence-corrected chi connectivity index (χ1v) is 6.39. The van der Waals surface area contributed by atoms with Gasteiger partial charge in [0.2, 0.25) is 5.91 Å². The third-order valence-corrected chi connectivity index (χ3v) is 3.37. The number of aliphatic hydroxyl groups is 1. The van der Waals surface area contributed by atoms with Crippen LogP contribution in [0.15, 0.2) is 24.3 Å². The summed E-state index contributed by atoms with van der Waals surface area (Å²) in [6.45, 7) is 2.22. The van der Waals surface area contributed by atoms with Crippen molar-refractivity contribution in [1.82, 2.24) is 5.32 Å². The smallest absolute Gasteiger partial charge is 0.224 e. The van der Waals surface area contributed by atoms with Gasteiger partial charge in [0.15, 0.2) is 0 Å². The maximum absolute atomic E-state index is 11.6. The molecule has 0 fully saturated rings. The minimum absolute atomic E-state index is 0.0448. The summed E-state index contributed by atoms with van der Waals surface area (Å²) >= 11 is 2.21. The predicted molar refractivity (Wildman–Crippen MR) is 72.2 cm³/mol. The van der Waals surface area contributed by atoms with Gasteiger partial charge in [-0.15, -0.1) is 0 Å². The van der Waals surface area contributed by atoms with Crippen LogP contribution in [0.4, 0.5) is 0 Å². The van der Waals surface area contributed by atoms with Crippen molar-refractivity contribution >= 4 is 28.5 Å². The van der Waals surface area contributed by atoms with E-state index in [1.54, 1.807) is 0 Å². The first-order valence-electron chi connectivity index (χ1n) is 5.31. The number of aliphatic hydroxyl groups excluding tert-OH is 1. The number of nitrogens with one attached hydrogen (secondary N) is 1. The number of hydrogen-bond acceptors (Lipinski definition) is 2. The lowest BCUT2D eigenvalue weighted by atomic mass is 10.1. The Morgan fingerprint density at radius 3 is 2.81 bits per heavy atom. The average Bonchev–Trinajstić information content (AvgIpc) is 2.29. The molecule has 0 aliphatic rings. The van der Waals surface area contributed by atoms with Crippen molar-refractivity contribution in [3.05, 3.63) is 33.4 Å². The highest BCUT2D eigenvalue weighted by Crippen LogP contribution is 2.11. The van der Waals surface area contributed by atoms with Crippen LogP contribution in [0.2, 0.25) is 0 Å². The standard InChI is InChI=1S/C12H16INO2/c1-2-10(15)8-14-12(16)7-9-5-3-4-6-11(9)13/h3-6,10,15H,2,7-8H2,1H3,(H,14,16)/t10-/m0/s1. The van der Waals surface area contributed by atoms with Gasteiger partial charge in [-0.1, -0.05) is 25.1 Å². The van der Waals surface area contributed by atoms with Gasteiger partial charge in [0.05, 0.1) is 12.5 Å². The van der Waals surface area contributed by atoms with E-state index in [1.807, 2.05) is 31.2 Å². The number of carbonyl (C=O) groups excluding carboxylic acids is 1. The van der Waals surface area contributed by atoms with Crippen LogP contribution in [-0.4, -0.2) is 23.7 Å². The zero-order valence-electron chi connectivity index (χ0n) is 9.24. The largest absolute Gasteiger partial charge is 0.391 e. The average molecular weight is 333 g/mol. The van der Waals surface area contributed by atoms with Crippen molar-refractivity contribution in [2.45, 2.75) is 25.9 Å². The Balaban J connectivity index is 2.43. The van der Waals surface area contributed by atoms with E-state index in [4.69, 9.17) is 0 Å². The van der Waals surface area contributed by atoms with Crippen molar-refractivity contribution in [3.8, 4) is 0 Å². The Bertz CT molecular complexity index is 355. The quantitative estimate of drug-likeness (QED) is 0.806. The van der Waals surface area contributed by atoms with Crippen LogP contribution in [0.25, 0.3) is 0 Å². The van der Waals surface area contributed by atoms with Crippen LogP contribution in [0.3, 0.4) is 0 Å². The van der Waals surface area contributed by atoms with Crippen molar-refractivity contribution in [2.75, 3.05) is 6.54 Å². The molecular weight excluding hydrogens is 317 g/mol. The molecule has 1 atom stereocenters. The van der Waals surface area contributed by atoms with E-state index >= 15 is 0 Å². The molecule has 0 saturated carbocycles. The SMILES string of the molecule is CC[C@H](O)CNC(=O)Cc1ccccc1I. The van der Waals surface area contributed by atoms with Crippen LogP contribution in [0.1, 0.15) is 18.9 Å². The molecule has 16 heavy (non-hydrogen) atoms. The fourth-order valence-electron chi connectivity index (χ4n) is 1.25. The van der Waals surface area contributed by atoms with Crippen LogP contribution < -0.4 is 5.32 Å². The van der Waals surface area contributed by atoms with E-state index in [-0.39, 0.29) is 5.91 Å². The zero-order valence-corrected chi connectivity index (χ0v) is 11.4. The van der Waals surface area contributed by atoms with Gasteiger partial charge in [-0.2, -0.15) is 0 Å². The molecule has 0 bridgehead atoms. The molecule has 88 valence electrons. The summed E-state index contributed by atoms with van der Waals surface area (Å²) < 4.78 is 1.09. The Labute approximate surface area is 109 Å². The molecule has 0 unspecified atom stereocenters. The molecule has 0 aliphatic heterocycles. The highest BCUT2D eigenvalue weighted by atomic mass is 127. The molecule has 0 saturated heterocycles. The van der Waals surface area contributed by atoms with Crippen LogP contribution in [0, 0.1) is 3.57 Å². The number of carbonyl (C=O) groups is 1. The van der Waals surface area contributed by atoms with Gasteiger partial charge in [0.1, 0.15) is 0 Å². The van der Waals surface area contributed by atoms with Crippen molar-refractivity contribution in [2.24, 2.45) is 0 Å². The van der Waals surface area contributed by atoms with Crippen molar-refractivity contribution in [1.29, 1.82) is 0 Å². The summed E-state index contributed by atoms with van der Waals surface area (Å²) in [5.41, 5.74) is 1.02. The molecule has 0 heterocycles. The van der Waals surface area contributed by atoms with Crippen LogP contribution in [-0.2, 0) is 11.2 Å². The molecule has 0 spiro atoms. The molecule has 0 aromatic heterocycles. The summed E-state index contributed by atoms with van der Waals surface area (Å²) in [5, 5.41) is 12.0. The molecule has 1 aromatic rings. The summed E-state index contributed by atoms with van der Waals surface area (Å²) in [5.74, 6) is -0.0448. The minimum Gasteiger partial charge on any atom is -0.391 e. The van der Waals surface area contributed by atoms with Crippen molar-refractivity contribution < 1.29 is 9.90 Å². The molecule has 2 N–H and O–H groups in total. The fraction of sp³-hybridized carbons (Fsp3) is 0.417. The topological polar surface area (TPSA) is 49.3 Å². The van der Waals surface area contributed by atoms with Gasteiger partial charge in [0, 0.05) is 10.1 Å². The second kappa shape index (κ2) is 6.85. The lowest BCUT2D eigenvalue weighted by Gasteiger charge is -2.10. The first-order chi connectivity index (χ1) is 7.63. The number of benzene rings is 1. The predicted octanol–water partition coefficient (Wildman–Crippen LogP) is 1.72. The minimum atomic E-state index is -0.446. The van der Waals surface area contributed by atoms with E-state index in [0.717, 1.165) is 9.13 Å².